The summed E-state index contributed by atoms with van der Waals surface area (Å²) in [6.45, 7) is 1.91. The summed E-state index contributed by atoms with van der Waals surface area (Å²) in [7, 11) is 0. The van der Waals surface area contributed by atoms with Crippen molar-refractivity contribution in [3.8, 4) is 0 Å². The lowest BCUT2D eigenvalue weighted by Crippen LogP contribution is -2.15. The molecule has 2 rings (SSSR count). The van der Waals surface area contributed by atoms with Gasteiger partial charge in [-0.25, -0.2) is 4.39 Å². The van der Waals surface area contributed by atoms with Gasteiger partial charge < -0.3 is 5.73 Å². The van der Waals surface area contributed by atoms with Crippen molar-refractivity contribution in [1.82, 2.24) is 4.98 Å². The van der Waals surface area contributed by atoms with Crippen molar-refractivity contribution in [3.05, 3.63) is 63.6 Å². The molecule has 0 aliphatic carbocycles. The molecule has 0 fully saturated rings. The van der Waals surface area contributed by atoms with Crippen LogP contribution in [-0.4, -0.2) is 4.98 Å². The quantitative estimate of drug-likeness (QED) is 0.923. The van der Waals surface area contributed by atoms with Gasteiger partial charge in [0.15, 0.2) is 0 Å². The van der Waals surface area contributed by atoms with E-state index in [1.807, 2.05) is 13.0 Å². The molecule has 1 unspecified atom stereocenters. The zero-order chi connectivity index (χ0) is 12.4. The topological polar surface area (TPSA) is 38.9 Å². The van der Waals surface area contributed by atoms with Crippen LogP contribution in [0, 0.1) is 12.7 Å². The molecule has 4 heteroatoms. The number of hydrogen-bond donors (Lipinski definition) is 1. The molecule has 2 nitrogen and oxygen atoms in total. The van der Waals surface area contributed by atoms with E-state index < -0.39 is 6.04 Å². The first-order valence-electron chi connectivity index (χ1n) is 5.21. The molecular weight excluding hydrogens is 283 g/mol. The molecule has 0 saturated carbocycles. The lowest BCUT2D eigenvalue weighted by Gasteiger charge is -2.16. The van der Waals surface area contributed by atoms with Crippen molar-refractivity contribution in [3.63, 3.8) is 0 Å². The first kappa shape index (κ1) is 12.2. The highest BCUT2D eigenvalue weighted by Crippen LogP contribution is 2.27. The smallest absolute Gasteiger partial charge is 0.142 e. The summed E-state index contributed by atoms with van der Waals surface area (Å²) < 4.78 is 14.4. The Morgan fingerprint density at radius 2 is 2.06 bits per heavy atom. The minimum atomic E-state index is -0.476. The third-order valence-corrected chi connectivity index (χ3v) is 3.33. The predicted octanol–water partition coefficient (Wildman–Crippen LogP) is 3.34. The standard InChI is InChI=1S/C13H12BrFN2/c1-8-7-17-6-5-9(8)13(16)10-3-2-4-11(14)12(10)15/h2-7,13H,16H2,1H3. The van der Waals surface area contributed by atoms with Crippen LogP contribution in [0.5, 0.6) is 0 Å². The van der Waals surface area contributed by atoms with E-state index in [0.717, 1.165) is 11.1 Å². The minimum absolute atomic E-state index is 0.309. The Kier molecular flexibility index (Phi) is 3.54. The molecule has 1 aromatic heterocycles. The van der Waals surface area contributed by atoms with Gasteiger partial charge >= 0.3 is 0 Å². The number of benzene rings is 1. The number of hydrogen-bond acceptors (Lipinski definition) is 2. The van der Waals surface area contributed by atoms with Crippen LogP contribution in [0.25, 0.3) is 0 Å². The normalized spacial score (nSPS) is 12.5. The first-order chi connectivity index (χ1) is 8.11. The van der Waals surface area contributed by atoms with Crippen LogP contribution in [0.4, 0.5) is 4.39 Å². The van der Waals surface area contributed by atoms with Crippen LogP contribution < -0.4 is 5.73 Å². The first-order valence-corrected chi connectivity index (χ1v) is 6.00. The van der Waals surface area contributed by atoms with E-state index in [2.05, 4.69) is 20.9 Å². The van der Waals surface area contributed by atoms with Crippen molar-refractivity contribution < 1.29 is 4.39 Å². The van der Waals surface area contributed by atoms with Crippen LogP contribution in [0.2, 0.25) is 0 Å². The van der Waals surface area contributed by atoms with Gasteiger partial charge in [-0.3, -0.25) is 4.98 Å². The van der Waals surface area contributed by atoms with Crippen molar-refractivity contribution in [2.24, 2.45) is 5.73 Å². The van der Waals surface area contributed by atoms with Crippen LogP contribution >= 0.6 is 15.9 Å². The molecule has 0 amide bonds. The minimum Gasteiger partial charge on any atom is -0.320 e. The molecule has 0 bridgehead atoms. The fraction of sp³-hybridized carbons (Fsp3) is 0.154. The average molecular weight is 295 g/mol. The zero-order valence-electron chi connectivity index (χ0n) is 9.32. The molecule has 17 heavy (non-hydrogen) atoms. The van der Waals surface area contributed by atoms with Crippen molar-refractivity contribution >= 4 is 15.9 Å². The Morgan fingerprint density at radius 3 is 2.76 bits per heavy atom. The summed E-state index contributed by atoms with van der Waals surface area (Å²) in [5.74, 6) is -0.309. The fourth-order valence-corrected chi connectivity index (χ4v) is 2.14. The van der Waals surface area contributed by atoms with E-state index in [4.69, 9.17) is 5.73 Å². The molecule has 88 valence electrons. The van der Waals surface area contributed by atoms with Gasteiger partial charge in [0.1, 0.15) is 5.82 Å². The molecule has 0 aliphatic heterocycles. The van der Waals surface area contributed by atoms with E-state index in [-0.39, 0.29) is 5.82 Å². The van der Waals surface area contributed by atoms with E-state index in [1.54, 1.807) is 30.6 Å². The number of pyridine rings is 1. The highest BCUT2D eigenvalue weighted by Gasteiger charge is 2.16. The fourth-order valence-electron chi connectivity index (χ4n) is 1.76. The summed E-state index contributed by atoms with van der Waals surface area (Å²) in [5, 5.41) is 0. The number of aryl methyl sites for hydroxylation is 1. The zero-order valence-corrected chi connectivity index (χ0v) is 10.9. The van der Waals surface area contributed by atoms with E-state index in [1.165, 1.54) is 0 Å². The Hall–Kier alpha value is -1.26. The van der Waals surface area contributed by atoms with Gasteiger partial charge in [-0.2, -0.15) is 0 Å². The Bertz CT molecular complexity index is 543. The number of halogens is 2. The molecule has 2 aromatic rings. The highest BCUT2D eigenvalue weighted by molar-refractivity contribution is 9.10. The van der Waals surface area contributed by atoms with Crippen molar-refractivity contribution in [1.29, 1.82) is 0 Å². The molecule has 1 atom stereocenters. The van der Waals surface area contributed by atoms with Crippen molar-refractivity contribution in [2.75, 3.05) is 0 Å². The highest BCUT2D eigenvalue weighted by atomic mass is 79.9. The second-order valence-corrected chi connectivity index (χ2v) is 4.71. The molecule has 0 spiro atoms. The number of nitrogens with two attached hydrogens (primary N) is 1. The van der Waals surface area contributed by atoms with Gasteiger partial charge in [-0.1, -0.05) is 12.1 Å². The Balaban J connectivity index is 2.48. The van der Waals surface area contributed by atoms with Gasteiger partial charge in [-0.15, -0.1) is 0 Å². The second kappa shape index (κ2) is 4.94. The SMILES string of the molecule is Cc1cnccc1C(N)c1cccc(Br)c1F. The molecule has 0 saturated heterocycles. The van der Waals surface area contributed by atoms with Gasteiger partial charge in [-0.05, 0) is 46.1 Å². The summed E-state index contributed by atoms with van der Waals surface area (Å²) in [5.41, 5.74) is 8.42. The lowest BCUT2D eigenvalue weighted by atomic mass is 9.97. The molecule has 1 aromatic carbocycles. The predicted molar refractivity (Wildman–Crippen MR) is 69.1 cm³/mol. The monoisotopic (exact) mass is 294 g/mol. The van der Waals surface area contributed by atoms with Crippen molar-refractivity contribution in [2.45, 2.75) is 13.0 Å². The van der Waals surface area contributed by atoms with Crippen LogP contribution in [0.3, 0.4) is 0 Å². The second-order valence-electron chi connectivity index (χ2n) is 3.85. The van der Waals surface area contributed by atoms with E-state index in [0.29, 0.717) is 10.0 Å². The van der Waals surface area contributed by atoms with E-state index in [9.17, 15) is 4.39 Å². The maximum Gasteiger partial charge on any atom is 0.142 e. The number of nitrogens with zero attached hydrogens (tertiary/aromatic N) is 1. The average Bonchev–Trinajstić information content (AvgIpc) is 2.32. The molecule has 0 aliphatic rings. The van der Waals surface area contributed by atoms with Gasteiger partial charge in [0.2, 0.25) is 0 Å². The van der Waals surface area contributed by atoms with Crippen LogP contribution in [0.1, 0.15) is 22.7 Å². The third-order valence-electron chi connectivity index (χ3n) is 2.72. The molecule has 2 N–H and O–H groups in total. The Morgan fingerprint density at radius 1 is 1.29 bits per heavy atom. The summed E-state index contributed by atoms with van der Waals surface area (Å²) in [4.78, 5) is 4.00. The van der Waals surface area contributed by atoms with Gasteiger partial charge in [0, 0.05) is 18.0 Å². The summed E-state index contributed by atoms with van der Waals surface area (Å²) in [6, 6.07) is 6.48. The van der Waals surface area contributed by atoms with Crippen LogP contribution in [0.15, 0.2) is 41.1 Å². The van der Waals surface area contributed by atoms with E-state index >= 15 is 0 Å². The number of aromatic nitrogens is 1. The maximum absolute atomic E-state index is 13.9. The lowest BCUT2D eigenvalue weighted by molar-refractivity contribution is 0.593. The van der Waals surface area contributed by atoms with Gasteiger partial charge in [0.05, 0.1) is 10.5 Å². The molecule has 0 radical (unpaired) electrons. The van der Waals surface area contributed by atoms with Crippen LogP contribution in [-0.2, 0) is 0 Å². The maximum atomic E-state index is 13.9. The number of rotatable bonds is 2. The molecular formula is C13H12BrFN2. The largest absolute Gasteiger partial charge is 0.320 e. The summed E-state index contributed by atoms with van der Waals surface area (Å²) >= 11 is 3.16. The summed E-state index contributed by atoms with van der Waals surface area (Å²) in [6.07, 6.45) is 3.39. The Labute approximate surface area is 108 Å². The third kappa shape index (κ3) is 2.37. The van der Waals surface area contributed by atoms with Gasteiger partial charge in [0.25, 0.3) is 0 Å². The molecule has 1 heterocycles.